The number of carbonyl (C=O) groups is 1. The second kappa shape index (κ2) is 7.08. The van der Waals surface area contributed by atoms with Crippen molar-refractivity contribution in [3.63, 3.8) is 0 Å². The first-order chi connectivity index (χ1) is 10.0. The molecule has 1 fully saturated rings. The first kappa shape index (κ1) is 16.0. The van der Waals surface area contributed by atoms with Crippen LogP contribution in [-0.4, -0.2) is 36.5 Å². The Morgan fingerprint density at radius 2 is 2.14 bits per heavy atom. The van der Waals surface area contributed by atoms with E-state index in [2.05, 4.69) is 32.2 Å². The number of benzene rings is 1. The zero-order valence-electron chi connectivity index (χ0n) is 13.8. The van der Waals surface area contributed by atoms with Crippen LogP contribution in [0.2, 0.25) is 0 Å². The van der Waals surface area contributed by atoms with Crippen molar-refractivity contribution in [2.75, 3.05) is 19.6 Å². The van der Waals surface area contributed by atoms with Crippen LogP contribution in [0.5, 0.6) is 0 Å². The predicted molar refractivity (Wildman–Crippen MR) is 87.7 cm³/mol. The molecule has 1 N–H and O–H groups in total. The Morgan fingerprint density at radius 1 is 1.38 bits per heavy atom. The molecule has 0 saturated carbocycles. The SMILES string of the molecule is CCCNC1CCN(C(=O)c2ccc(C)cc2C)CC1C. The molecule has 2 atom stereocenters. The molecule has 1 aromatic carbocycles. The van der Waals surface area contributed by atoms with E-state index < -0.39 is 0 Å². The Bertz CT molecular complexity index is 498. The zero-order chi connectivity index (χ0) is 15.4. The molecule has 2 unspecified atom stereocenters. The van der Waals surface area contributed by atoms with E-state index in [1.807, 2.05) is 24.0 Å². The summed E-state index contributed by atoms with van der Waals surface area (Å²) >= 11 is 0. The number of nitrogens with zero attached hydrogens (tertiary/aromatic N) is 1. The minimum absolute atomic E-state index is 0.188. The van der Waals surface area contributed by atoms with Gasteiger partial charge in [-0.3, -0.25) is 4.79 Å². The fraction of sp³-hybridized carbons (Fsp3) is 0.611. The number of piperidine rings is 1. The Hall–Kier alpha value is -1.35. The molecule has 1 aliphatic rings. The Morgan fingerprint density at radius 3 is 2.76 bits per heavy atom. The number of hydrogen-bond acceptors (Lipinski definition) is 2. The van der Waals surface area contributed by atoms with Gasteiger partial charge >= 0.3 is 0 Å². The molecule has 116 valence electrons. The Kier molecular flexibility index (Phi) is 5.40. The molecule has 0 spiro atoms. The summed E-state index contributed by atoms with van der Waals surface area (Å²) in [4.78, 5) is 14.7. The molecule has 3 heteroatoms. The van der Waals surface area contributed by atoms with E-state index in [1.54, 1.807) is 0 Å². The smallest absolute Gasteiger partial charge is 0.254 e. The molecular formula is C18H28N2O. The van der Waals surface area contributed by atoms with E-state index >= 15 is 0 Å². The van der Waals surface area contributed by atoms with Crippen molar-refractivity contribution in [1.29, 1.82) is 0 Å². The van der Waals surface area contributed by atoms with Gasteiger partial charge in [0.1, 0.15) is 0 Å². The maximum atomic E-state index is 12.7. The molecule has 1 saturated heterocycles. The van der Waals surface area contributed by atoms with Gasteiger partial charge in [0.25, 0.3) is 5.91 Å². The second-order valence-electron chi connectivity index (χ2n) is 6.40. The number of carbonyl (C=O) groups excluding carboxylic acids is 1. The van der Waals surface area contributed by atoms with Crippen LogP contribution in [0, 0.1) is 19.8 Å². The van der Waals surface area contributed by atoms with E-state index in [0.29, 0.717) is 12.0 Å². The molecule has 21 heavy (non-hydrogen) atoms. The van der Waals surface area contributed by atoms with E-state index in [9.17, 15) is 4.79 Å². The largest absolute Gasteiger partial charge is 0.338 e. The molecule has 0 radical (unpaired) electrons. The summed E-state index contributed by atoms with van der Waals surface area (Å²) in [6, 6.07) is 6.64. The van der Waals surface area contributed by atoms with Gasteiger partial charge < -0.3 is 10.2 Å². The maximum Gasteiger partial charge on any atom is 0.254 e. The lowest BCUT2D eigenvalue weighted by atomic mass is 9.93. The first-order valence-electron chi connectivity index (χ1n) is 8.12. The van der Waals surface area contributed by atoms with Gasteiger partial charge in [0.05, 0.1) is 0 Å². The van der Waals surface area contributed by atoms with Crippen molar-refractivity contribution in [1.82, 2.24) is 10.2 Å². The minimum Gasteiger partial charge on any atom is -0.338 e. The third-order valence-corrected chi connectivity index (χ3v) is 4.46. The summed E-state index contributed by atoms with van der Waals surface area (Å²) in [6.07, 6.45) is 2.21. The van der Waals surface area contributed by atoms with E-state index in [0.717, 1.165) is 43.6 Å². The Balaban J connectivity index is 2.02. The van der Waals surface area contributed by atoms with Crippen molar-refractivity contribution in [2.45, 2.75) is 46.6 Å². The zero-order valence-corrected chi connectivity index (χ0v) is 13.8. The highest BCUT2D eigenvalue weighted by atomic mass is 16.2. The molecule has 2 rings (SSSR count). The van der Waals surface area contributed by atoms with Crippen molar-refractivity contribution in [2.24, 2.45) is 5.92 Å². The summed E-state index contributed by atoms with van der Waals surface area (Å²) in [5.41, 5.74) is 3.14. The molecule has 0 aromatic heterocycles. The molecule has 0 aliphatic carbocycles. The van der Waals surface area contributed by atoms with Crippen molar-refractivity contribution in [3.8, 4) is 0 Å². The molecular weight excluding hydrogens is 260 g/mol. The van der Waals surface area contributed by atoms with Gasteiger partial charge in [-0.1, -0.05) is 31.5 Å². The number of likely N-dealkylation sites (tertiary alicyclic amines) is 1. The lowest BCUT2D eigenvalue weighted by Crippen LogP contribution is -2.50. The number of nitrogens with one attached hydrogen (secondary N) is 1. The standard InChI is InChI=1S/C18H28N2O/c1-5-9-19-17-8-10-20(12-15(17)4)18(21)16-7-6-13(2)11-14(16)3/h6-7,11,15,17,19H,5,8-10,12H2,1-4H3. The lowest BCUT2D eigenvalue weighted by molar-refractivity contribution is 0.0644. The van der Waals surface area contributed by atoms with Gasteiger partial charge in [0.2, 0.25) is 0 Å². The average Bonchev–Trinajstić information content (AvgIpc) is 2.45. The van der Waals surface area contributed by atoms with Crippen LogP contribution in [0.25, 0.3) is 0 Å². The number of hydrogen-bond donors (Lipinski definition) is 1. The third kappa shape index (κ3) is 3.85. The average molecular weight is 288 g/mol. The van der Waals surface area contributed by atoms with Crippen LogP contribution >= 0.6 is 0 Å². The van der Waals surface area contributed by atoms with Gasteiger partial charge in [0.15, 0.2) is 0 Å². The summed E-state index contributed by atoms with van der Waals surface area (Å²) in [6.45, 7) is 11.3. The molecule has 1 aromatic rings. The molecule has 1 aliphatic heterocycles. The molecule has 3 nitrogen and oxygen atoms in total. The van der Waals surface area contributed by atoms with E-state index in [-0.39, 0.29) is 5.91 Å². The van der Waals surface area contributed by atoms with Gasteiger partial charge in [-0.05, 0) is 50.8 Å². The highest BCUT2D eigenvalue weighted by Crippen LogP contribution is 2.20. The monoisotopic (exact) mass is 288 g/mol. The quantitative estimate of drug-likeness (QED) is 0.923. The van der Waals surface area contributed by atoms with Gasteiger partial charge in [0, 0.05) is 24.7 Å². The topological polar surface area (TPSA) is 32.3 Å². The number of amides is 1. The van der Waals surface area contributed by atoms with Crippen molar-refractivity contribution < 1.29 is 4.79 Å². The normalized spacial score (nSPS) is 22.4. The molecule has 1 amide bonds. The van der Waals surface area contributed by atoms with E-state index in [4.69, 9.17) is 0 Å². The van der Waals surface area contributed by atoms with Crippen LogP contribution in [0.15, 0.2) is 18.2 Å². The van der Waals surface area contributed by atoms with Gasteiger partial charge in [-0.2, -0.15) is 0 Å². The minimum atomic E-state index is 0.188. The summed E-state index contributed by atoms with van der Waals surface area (Å²) in [7, 11) is 0. The van der Waals surface area contributed by atoms with Gasteiger partial charge in [-0.15, -0.1) is 0 Å². The summed E-state index contributed by atoms with van der Waals surface area (Å²) < 4.78 is 0. The lowest BCUT2D eigenvalue weighted by Gasteiger charge is -2.37. The van der Waals surface area contributed by atoms with Crippen LogP contribution in [0.4, 0.5) is 0 Å². The number of aryl methyl sites for hydroxylation is 2. The molecule has 1 heterocycles. The first-order valence-corrected chi connectivity index (χ1v) is 8.12. The van der Waals surface area contributed by atoms with Gasteiger partial charge in [-0.25, -0.2) is 0 Å². The number of rotatable bonds is 4. The Labute approximate surface area is 128 Å². The summed E-state index contributed by atoms with van der Waals surface area (Å²) in [5, 5.41) is 3.60. The predicted octanol–water partition coefficient (Wildman–Crippen LogP) is 3.15. The fourth-order valence-corrected chi connectivity index (χ4v) is 3.19. The van der Waals surface area contributed by atoms with Crippen LogP contribution in [0.1, 0.15) is 48.2 Å². The summed E-state index contributed by atoms with van der Waals surface area (Å²) in [5.74, 6) is 0.702. The van der Waals surface area contributed by atoms with Crippen LogP contribution in [-0.2, 0) is 0 Å². The van der Waals surface area contributed by atoms with Crippen LogP contribution < -0.4 is 5.32 Å². The van der Waals surface area contributed by atoms with Crippen molar-refractivity contribution in [3.05, 3.63) is 34.9 Å². The second-order valence-corrected chi connectivity index (χ2v) is 6.40. The highest BCUT2D eigenvalue weighted by molar-refractivity contribution is 5.95. The van der Waals surface area contributed by atoms with E-state index in [1.165, 1.54) is 5.56 Å². The maximum absolute atomic E-state index is 12.7. The third-order valence-electron chi connectivity index (χ3n) is 4.46. The fourth-order valence-electron chi connectivity index (χ4n) is 3.19. The molecule has 0 bridgehead atoms. The van der Waals surface area contributed by atoms with Crippen molar-refractivity contribution >= 4 is 5.91 Å². The highest BCUT2D eigenvalue weighted by Gasteiger charge is 2.29. The van der Waals surface area contributed by atoms with Crippen LogP contribution in [0.3, 0.4) is 0 Å².